The number of benzene rings is 1. The van der Waals surface area contributed by atoms with Crippen molar-refractivity contribution in [1.82, 2.24) is 5.32 Å². The highest BCUT2D eigenvalue weighted by molar-refractivity contribution is 5.78. The van der Waals surface area contributed by atoms with Crippen LogP contribution in [0.2, 0.25) is 0 Å². The van der Waals surface area contributed by atoms with Gasteiger partial charge in [0.25, 0.3) is 0 Å². The molecule has 1 unspecified atom stereocenters. The third kappa shape index (κ3) is 3.19. The van der Waals surface area contributed by atoms with E-state index in [4.69, 9.17) is 4.42 Å². The zero-order chi connectivity index (χ0) is 13.8. The summed E-state index contributed by atoms with van der Waals surface area (Å²) in [5.74, 6) is 1.56. The Labute approximate surface area is 116 Å². The van der Waals surface area contributed by atoms with Crippen LogP contribution in [0.25, 0.3) is 11.0 Å². The SMILES string of the molecule is CCCCc1ccc2oc(C(NC)C(C)C)cc2c1. The van der Waals surface area contributed by atoms with Crippen LogP contribution in [0.1, 0.15) is 51.0 Å². The van der Waals surface area contributed by atoms with E-state index >= 15 is 0 Å². The first-order valence-corrected chi connectivity index (χ1v) is 7.35. The second kappa shape index (κ2) is 6.25. The summed E-state index contributed by atoms with van der Waals surface area (Å²) in [6, 6.07) is 9.04. The molecule has 0 aliphatic rings. The average Bonchev–Trinajstić information content (AvgIpc) is 2.79. The number of hydrogen-bond acceptors (Lipinski definition) is 2. The molecule has 1 atom stereocenters. The highest BCUT2D eigenvalue weighted by Gasteiger charge is 2.18. The van der Waals surface area contributed by atoms with Crippen LogP contribution in [0.4, 0.5) is 0 Å². The van der Waals surface area contributed by atoms with Gasteiger partial charge in [0, 0.05) is 5.39 Å². The number of rotatable bonds is 6. The first-order valence-electron chi connectivity index (χ1n) is 7.35. The van der Waals surface area contributed by atoms with E-state index in [1.807, 2.05) is 7.05 Å². The normalized spacial score (nSPS) is 13.3. The first kappa shape index (κ1) is 14.1. The fourth-order valence-corrected chi connectivity index (χ4v) is 2.61. The second-order valence-corrected chi connectivity index (χ2v) is 5.63. The minimum absolute atomic E-state index is 0.284. The van der Waals surface area contributed by atoms with Crippen LogP contribution < -0.4 is 5.32 Å². The predicted molar refractivity (Wildman–Crippen MR) is 81.5 cm³/mol. The Bertz CT molecular complexity index is 527. The van der Waals surface area contributed by atoms with E-state index in [2.05, 4.69) is 50.4 Å². The maximum atomic E-state index is 5.98. The lowest BCUT2D eigenvalue weighted by atomic mass is 10.0. The molecule has 0 aliphatic heterocycles. The van der Waals surface area contributed by atoms with Crippen LogP contribution in [-0.2, 0) is 6.42 Å². The van der Waals surface area contributed by atoms with Crippen LogP contribution >= 0.6 is 0 Å². The summed E-state index contributed by atoms with van der Waals surface area (Å²) < 4.78 is 5.98. The third-order valence-corrected chi connectivity index (χ3v) is 3.70. The smallest absolute Gasteiger partial charge is 0.134 e. The summed E-state index contributed by atoms with van der Waals surface area (Å²) in [5.41, 5.74) is 2.41. The number of fused-ring (bicyclic) bond motifs is 1. The molecule has 2 aromatic rings. The van der Waals surface area contributed by atoms with E-state index in [1.165, 1.54) is 23.8 Å². The first-order chi connectivity index (χ1) is 9.15. The number of aryl methyl sites for hydroxylation is 1. The lowest BCUT2D eigenvalue weighted by Crippen LogP contribution is -2.20. The van der Waals surface area contributed by atoms with Crippen molar-refractivity contribution in [3.05, 3.63) is 35.6 Å². The van der Waals surface area contributed by atoms with Crippen LogP contribution in [0.3, 0.4) is 0 Å². The number of furan rings is 1. The van der Waals surface area contributed by atoms with Crippen molar-refractivity contribution in [2.45, 2.75) is 46.1 Å². The maximum Gasteiger partial charge on any atom is 0.134 e. The van der Waals surface area contributed by atoms with Gasteiger partial charge in [-0.2, -0.15) is 0 Å². The van der Waals surface area contributed by atoms with Gasteiger partial charge < -0.3 is 9.73 Å². The average molecular weight is 259 g/mol. The molecule has 0 aliphatic carbocycles. The van der Waals surface area contributed by atoms with Crippen LogP contribution in [-0.4, -0.2) is 7.05 Å². The molecule has 0 amide bonds. The molecule has 0 spiro atoms. The quantitative estimate of drug-likeness (QED) is 0.814. The second-order valence-electron chi connectivity index (χ2n) is 5.63. The fourth-order valence-electron chi connectivity index (χ4n) is 2.61. The van der Waals surface area contributed by atoms with Gasteiger partial charge in [0.2, 0.25) is 0 Å². The van der Waals surface area contributed by atoms with Gasteiger partial charge in [-0.3, -0.25) is 0 Å². The molecule has 1 aromatic carbocycles. The van der Waals surface area contributed by atoms with Crippen molar-refractivity contribution in [1.29, 1.82) is 0 Å². The van der Waals surface area contributed by atoms with E-state index in [1.54, 1.807) is 0 Å². The molecule has 2 heteroatoms. The summed E-state index contributed by atoms with van der Waals surface area (Å²) in [6.45, 7) is 6.65. The van der Waals surface area contributed by atoms with E-state index in [0.29, 0.717) is 5.92 Å². The van der Waals surface area contributed by atoms with E-state index in [9.17, 15) is 0 Å². The Hall–Kier alpha value is -1.28. The summed E-state index contributed by atoms with van der Waals surface area (Å²) >= 11 is 0. The van der Waals surface area contributed by atoms with Crippen molar-refractivity contribution < 1.29 is 4.42 Å². The molecule has 0 radical (unpaired) electrons. The zero-order valence-corrected chi connectivity index (χ0v) is 12.5. The molecule has 0 saturated carbocycles. The molecule has 2 nitrogen and oxygen atoms in total. The van der Waals surface area contributed by atoms with Crippen molar-refractivity contribution in [2.75, 3.05) is 7.05 Å². The Balaban J connectivity index is 2.29. The van der Waals surface area contributed by atoms with Gasteiger partial charge in [-0.05, 0) is 49.6 Å². The lowest BCUT2D eigenvalue weighted by molar-refractivity contribution is 0.371. The summed E-state index contributed by atoms with van der Waals surface area (Å²) in [6.07, 6.45) is 3.65. The zero-order valence-electron chi connectivity index (χ0n) is 12.5. The van der Waals surface area contributed by atoms with Gasteiger partial charge in [0.1, 0.15) is 11.3 Å². The molecule has 1 aromatic heterocycles. The van der Waals surface area contributed by atoms with Gasteiger partial charge in [0.05, 0.1) is 6.04 Å². The Morgan fingerprint density at radius 3 is 2.63 bits per heavy atom. The molecular weight excluding hydrogens is 234 g/mol. The molecule has 2 rings (SSSR count). The lowest BCUT2D eigenvalue weighted by Gasteiger charge is -2.16. The summed E-state index contributed by atoms with van der Waals surface area (Å²) in [7, 11) is 1.99. The van der Waals surface area contributed by atoms with Crippen molar-refractivity contribution >= 4 is 11.0 Å². The number of nitrogens with one attached hydrogen (secondary N) is 1. The predicted octanol–water partition coefficient (Wildman–Crippen LogP) is 4.69. The van der Waals surface area contributed by atoms with Crippen molar-refractivity contribution in [2.24, 2.45) is 5.92 Å². The van der Waals surface area contributed by atoms with Gasteiger partial charge in [-0.25, -0.2) is 0 Å². The Morgan fingerprint density at radius 2 is 2.00 bits per heavy atom. The van der Waals surface area contributed by atoms with E-state index in [0.717, 1.165) is 17.8 Å². The molecule has 1 N–H and O–H groups in total. The van der Waals surface area contributed by atoms with E-state index in [-0.39, 0.29) is 6.04 Å². The maximum absolute atomic E-state index is 5.98. The standard InChI is InChI=1S/C17H25NO/c1-5-6-7-13-8-9-15-14(10-13)11-16(19-15)17(18-4)12(2)3/h8-12,17-18H,5-7H2,1-4H3. The molecule has 0 saturated heterocycles. The molecular formula is C17H25NO. The largest absolute Gasteiger partial charge is 0.459 e. The Kier molecular flexibility index (Phi) is 4.65. The van der Waals surface area contributed by atoms with Crippen molar-refractivity contribution in [3.8, 4) is 0 Å². The molecule has 0 bridgehead atoms. The van der Waals surface area contributed by atoms with E-state index < -0.39 is 0 Å². The molecule has 19 heavy (non-hydrogen) atoms. The van der Waals surface area contributed by atoms with Crippen LogP contribution in [0.5, 0.6) is 0 Å². The van der Waals surface area contributed by atoms with Crippen molar-refractivity contribution in [3.63, 3.8) is 0 Å². The highest BCUT2D eigenvalue weighted by Crippen LogP contribution is 2.28. The minimum atomic E-state index is 0.284. The third-order valence-electron chi connectivity index (χ3n) is 3.70. The molecule has 1 heterocycles. The fraction of sp³-hybridized carbons (Fsp3) is 0.529. The van der Waals surface area contributed by atoms with Crippen LogP contribution in [0, 0.1) is 5.92 Å². The number of hydrogen-bond donors (Lipinski definition) is 1. The molecule has 104 valence electrons. The highest BCUT2D eigenvalue weighted by atomic mass is 16.3. The molecule has 0 fully saturated rings. The summed E-state index contributed by atoms with van der Waals surface area (Å²) in [5, 5.41) is 4.56. The topological polar surface area (TPSA) is 25.2 Å². The van der Waals surface area contributed by atoms with Crippen LogP contribution in [0.15, 0.2) is 28.7 Å². The minimum Gasteiger partial charge on any atom is -0.459 e. The van der Waals surface area contributed by atoms with Gasteiger partial charge in [-0.1, -0.05) is 33.3 Å². The van der Waals surface area contributed by atoms with Gasteiger partial charge in [0.15, 0.2) is 0 Å². The summed E-state index contributed by atoms with van der Waals surface area (Å²) in [4.78, 5) is 0. The van der Waals surface area contributed by atoms with Gasteiger partial charge in [-0.15, -0.1) is 0 Å². The Morgan fingerprint density at radius 1 is 1.21 bits per heavy atom. The number of unbranched alkanes of at least 4 members (excludes halogenated alkanes) is 1. The van der Waals surface area contributed by atoms with Gasteiger partial charge >= 0.3 is 0 Å². The monoisotopic (exact) mass is 259 g/mol.